The van der Waals surface area contributed by atoms with E-state index in [2.05, 4.69) is 22.4 Å². The molecule has 0 fully saturated rings. The summed E-state index contributed by atoms with van der Waals surface area (Å²) in [5.74, 6) is 1.64. The Hall–Kier alpha value is -1.55. The molecule has 0 saturated heterocycles. The van der Waals surface area contributed by atoms with Crippen LogP contribution in [0, 0.1) is 0 Å². The van der Waals surface area contributed by atoms with Crippen molar-refractivity contribution in [2.75, 3.05) is 11.9 Å². The number of nitrogens with one attached hydrogen (secondary N) is 1. The van der Waals surface area contributed by atoms with Gasteiger partial charge in [0.1, 0.15) is 0 Å². The Kier molecular flexibility index (Phi) is 3.64. The average Bonchev–Trinajstić information content (AvgIpc) is 2.72. The van der Waals surface area contributed by atoms with Crippen molar-refractivity contribution in [3.8, 4) is 11.4 Å². The lowest BCUT2D eigenvalue weighted by Crippen LogP contribution is -2.06. The van der Waals surface area contributed by atoms with Crippen molar-refractivity contribution in [1.82, 2.24) is 14.8 Å². The molecule has 2 aromatic rings. The minimum absolute atomic E-state index is 0.707. The quantitative estimate of drug-likeness (QED) is 0.907. The van der Waals surface area contributed by atoms with Gasteiger partial charge in [0.25, 0.3) is 0 Å². The normalized spacial score (nSPS) is 10.5. The molecular weight excluding hydrogens is 236 g/mol. The van der Waals surface area contributed by atoms with E-state index in [4.69, 9.17) is 11.6 Å². The van der Waals surface area contributed by atoms with Crippen LogP contribution in [-0.4, -0.2) is 21.3 Å². The fraction of sp³-hybridized carbons (Fsp3) is 0.333. The molecule has 0 aliphatic rings. The standard InChI is InChI=1S/C12H15ClN4/c1-3-14-12-16-15-11(17(12)4-2)9-6-5-7-10(13)8-9/h5-8H,3-4H2,1-2H3,(H,14,16). The zero-order valence-corrected chi connectivity index (χ0v) is 10.7. The number of halogens is 1. The predicted molar refractivity (Wildman–Crippen MR) is 70.3 cm³/mol. The molecule has 0 bridgehead atoms. The molecular formula is C12H15ClN4. The van der Waals surface area contributed by atoms with Crippen LogP contribution in [0.15, 0.2) is 24.3 Å². The van der Waals surface area contributed by atoms with E-state index in [9.17, 15) is 0 Å². The van der Waals surface area contributed by atoms with E-state index in [1.165, 1.54) is 0 Å². The lowest BCUT2D eigenvalue weighted by atomic mass is 10.2. The fourth-order valence-electron chi connectivity index (χ4n) is 1.73. The van der Waals surface area contributed by atoms with Crippen molar-refractivity contribution in [3.63, 3.8) is 0 Å². The van der Waals surface area contributed by atoms with E-state index >= 15 is 0 Å². The van der Waals surface area contributed by atoms with E-state index in [0.717, 1.165) is 30.4 Å². The van der Waals surface area contributed by atoms with Gasteiger partial charge in [-0.3, -0.25) is 4.57 Å². The molecule has 0 spiro atoms. The minimum atomic E-state index is 0.707. The molecule has 5 heteroatoms. The third-order valence-electron chi connectivity index (χ3n) is 2.48. The fourth-order valence-corrected chi connectivity index (χ4v) is 1.92. The summed E-state index contributed by atoms with van der Waals surface area (Å²) >= 11 is 5.99. The number of nitrogens with zero attached hydrogens (tertiary/aromatic N) is 3. The third kappa shape index (κ3) is 2.42. The van der Waals surface area contributed by atoms with Crippen LogP contribution in [-0.2, 0) is 6.54 Å². The number of hydrogen-bond acceptors (Lipinski definition) is 3. The molecule has 17 heavy (non-hydrogen) atoms. The summed E-state index contributed by atoms with van der Waals surface area (Å²) in [5.41, 5.74) is 0.982. The van der Waals surface area contributed by atoms with Crippen molar-refractivity contribution in [2.24, 2.45) is 0 Å². The van der Waals surface area contributed by atoms with Crippen molar-refractivity contribution in [1.29, 1.82) is 0 Å². The molecule has 1 N–H and O–H groups in total. The number of aromatic nitrogens is 3. The first-order valence-electron chi connectivity index (χ1n) is 5.69. The Morgan fingerprint density at radius 2 is 2.12 bits per heavy atom. The Morgan fingerprint density at radius 3 is 2.76 bits per heavy atom. The molecule has 0 aliphatic carbocycles. The number of rotatable bonds is 4. The summed E-state index contributed by atoms with van der Waals surface area (Å²) in [6, 6.07) is 7.65. The zero-order valence-electron chi connectivity index (χ0n) is 9.94. The van der Waals surface area contributed by atoms with Gasteiger partial charge in [-0.2, -0.15) is 0 Å². The van der Waals surface area contributed by atoms with E-state index in [0.29, 0.717) is 5.02 Å². The van der Waals surface area contributed by atoms with E-state index in [-0.39, 0.29) is 0 Å². The van der Waals surface area contributed by atoms with Crippen LogP contribution < -0.4 is 5.32 Å². The van der Waals surface area contributed by atoms with Crippen LogP contribution >= 0.6 is 11.6 Å². The molecule has 1 aromatic heterocycles. The van der Waals surface area contributed by atoms with Crippen LogP contribution in [0.1, 0.15) is 13.8 Å². The molecule has 0 atom stereocenters. The molecule has 0 radical (unpaired) electrons. The molecule has 1 aromatic carbocycles. The van der Waals surface area contributed by atoms with Crippen molar-refractivity contribution in [2.45, 2.75) is 20.4 Å². The van der Waals surface area contributed by atoms with Crippen LogP contribution in [0.4, 0.5) is 5.95 Å². The number of benzene rings is 1. The minimum Gasteiger partial charge on any atom is -0.355 e. The van der Waals surface area contributed by atoms with E-state index < -0.39 is 0 Å². The Morgan fingerprint density at radius 1 is 1.29 bits per heavy atom. The van der Waals surface area contributed by atoms with E-state index in [1.54, 1.807) is 0 Å². The second-order valence-electron chi connectivity index (χ2n) is 3.63. The zero-order chi connectivity index (χ0) is 12.3. The van der Waals surface area contributed by atoms with Gasteiger partial charge in [0.2, 0.25) is 5.95 Å². The lowest BCUT2D eigenvalue weighted by molar-refractivity contribution is 0.770. The largest absolute Gasteiger partial charge is 0.355 e. The highest BCUT2D eigenvalue weighted by Crippen LogP contribution is 2.23. The van der Waals surface area contributed by atoms with Crippen molar-refractivity contribution < 1.29 is 0 Å². The van der Waals surface area contributed by atoms with Crippen molar-refractivity contribution in [3.05, 3.63) is 29.3 Å². The Labute approximate surface area is 106 Å². The topological polar surface area (TPSA) is 42.7 Å². The van der Waals surface area contributed by atoms with Gasteiger partial charge in [0, 0.05) is 23.7 Å². The third-order valence-corrected chi connectivity index (χ3v) is 2.72. The molecule has 0 aliphatic heterocycles. The maximum absolute atomic E-state index is 5.99. The summed E-state index contributed by atoms with van der Waals surface area (Å²) < 4.78 is 2.04. The summed E-state index contributed by atoms with van der Waals surface area (Å²) in [7, 11) is 0. The first kappa shape index (κ1) is 11.9. The number of anilines is 1. The highest BCUT2D eigenvalue weighted by atomic mass is 35.5. The second kappa shape index (κ2) is 5.19. The highest BCUT2D eigenvalue weighted by molar-refractivity contribution is 6.30. The molecule has 90 valence electrons. The van der Waals surface area contributed by atoms with Crippen LogP contribution in [0.2, 0.25) is 5.02 Å². The lowest BCUT2D eigenvalue weighted by Gasteiger charge is -2.07. The molecule has 0 amide bonds. The highest BCUT2D eigenvalue weighted by Gasteiger charge is 2.11. The maximum Gasteiger partial charge on any atom is 0.224 e. The monoisotopic (exact) mass is 250 g/mol. The molecule has 0 unspecified atom stereocenters. The van der Waals surface area contributed by atoms with Gasteiger partial charge in [-0.05, 0) is 26.0 Å². The van der Waals surface area contributed by atoms with Gasteiger partial charge >= 0.3 is 0 Å². The predicted octanol–water partition coefficient (Wildman–Crippen LogP) is 3.05. The Bertz CT molecular complexity index is 507. The second-order valence-corrected chi connectivity index (χ2v) is 4.07. The molecule has 4 nitrogen and oxygen atoms in total. The molecule has 2 rings (SSSR count). The van der Waals surface area contributed by atoms with Gasteiger partial charge in [-0.25, -0.2) is 0 Å². The Balaban J connectivity index is 2.45. The van der Waals surface area contributed by atoms with Gasteiger partial charge in [-0.15, -0.1) is 10.2 Å². The maximum atomic E-state index is 5.99. The SMILES string of the molecule is CCNc1nnc(-c2cccc(Cl)c2)n1CC. The van der Waals surface area contributed by atoms with Crippen molar-refractivity contribution >= 4 is 17.5 Å². The number of hydrogen-bond donors (Lipinski definition) is 1. The molecule has 1 heterocycles. The molecule has 0 saturated carbocycles. The van der Waals surface area contributed by atoms with Gasteiger partial charge < -0.3 is 5.32 Å². The van der Waals surface area contributed by atoms with Gasteiger partial charge in [0.15, 0.2) is 5.82 Å². The van der Waals surface area contributed by atoms with E-state index in [1.807, 2.05) is 35.8 Å². The van der Waals surface area contributed by atoms with Crippen LogP contribution in [0.25, 0.3) is 11.4 Å². The van der Waals surface area contributed by atoms with Crippen LogP contribution in [0.5, 0.6) is 0 Å². The first-order chi connectivity index (χ1) is 8.26. The van der Waals surface area contributed by atoms with Gasteiger partial charge in [-0.1, -0.05) is 23.7 Å². The van der Waals surface area contributed by atoms with Gasteiger partial charge in [0.05, 0.1) is 0 Å². The average molecular weight is 251 g/mol. The summed E-state index contributed by atoms with van der Waals surface area (Å²) in [6.07, 6.45) is 0. The first-order valence-corrected chi connectivity index (χ1v) is 6.07. The van der Waals surface area contributed by atoms with Crippen LogP contribution in [0.3, 0.4) is 0 Å². The summed E-state index contributed by atoms with van der Waals surface area (Å²) in [5, 5.41) is 12.2. The summed E-state index contributed by atoms with van der Waals surface area (Å²) in [4.78, 5) is 0. The summed E-state index contributed by atoms with van der Waals surface area (Å²) in [6.45, 7) is 5.75. The smallest absolute Gasteiger partial charge is 0.224 e.